The number of benzene rings is 2. The molecule has 1 N–H and O–H groups in total. The van der Waals surface area contributed by atoms with Gasteiger partial charge < -0.3 is 14.7 Å². The monoisotopic (exact) mass is 309 g/mol. The second-order valence-electron chi connectivity index (χ2n) is 6.55. The molecule has 2 unspecified atom stereocenters. The molecule has 23 heavy (non-hydrogen) atoms. The third-order valence-corrected chi connectivity index (χ3v) is 5.26. The number of unbranched alkanes of at least 4 members (excludes halogenated alkanes) is 2. The summed E-state index contributed by atoms with van der Waals surface area (Å²) in [5.74, 6) is 0.900. The first-order chi connectivity index (χ1) is 11.3. The average Bonchev–Trinajstić information content (AvgIpc) is 3.09. The SMILES string of the molecule is CCCCCN1c2ccccc2C2(COc3ccccc32)C1O. The standard InChI is InChI=1S/C20H23NO2/c1-2-3-8-13-21-17-11-6-4-9-15(17)20(19(21)22)14-23-18-12-7-5-10-16(18)20/h4-7,9-12,19,22H,2-3,8,13-14H2,1H3. The highest BCUT2D eigenvalue weighted by atomic mass is 16.5. The summed E-state index contributed by atoms with van der Waals surface area (Å²) in [6.07, 6.45) is 2.90. The predicted octanol–water partition coefficient (Wildman–Crippen LogP) is 3.69. The van der Waals surface area contributed by atoms with Crippen LogP contribution < -0.4 is 9.64 Å². The number of anilines is 1. The summed E-state index contributed by atoms with van der Waals surface area (Å²) < 4.78 is 5.95. The van der Waals surface area contributed by atoms with Crippen molar-refractivity contribution in [3.63, 3.8) is 0 Å². The quantitative estimate of drug-likeness (QED) is 0.874. The van der Waals surface area contributed by atoms with Crippen molar-refractivity contribution in [2.75, 3.05) is 18.1 Å². The van der Waals surface area contributed by atoms with Gasteiger partial charge >= 0.3 is 0 Å². The van der Waals surface area contributed by atoms with E-state index in [2.05, 4.69) is 42.2 Å². The maximum atomic E-state index is 11.3. The van der Waals surface area contributed by atoms with Gasteiger partial charge in [-0.1, -0.05) is 56.2 Å². The summed E-state index contributed by atoms with van der Waals surface area (Å²) in [6.45, 7) is 3.60. The largest absolute Gasteiger partial charge is 0.492 e. The minimum absolute atomic E-state index is 0.459. The average molecular weight is 309 g/mol. The zero-order valence-corrected chi connectivity index (χ0v) is 13.5. The molecule has 0 fully saturated rings. The van der Waals surface area contributed by atoms with Crippen LogP contribution in [-0.4, -0.2) is 24.5 Å². The molecule has 2 aromatic carbocycles. The lowest BCUT2D eigenvalue weighted by molar-refractivity contribution is 0.0951. The molecule has 0 saturated carbocycles. The van der Waals surface area contributed by atoms with Crippen LogP contribution in [0.2, 0.25) is 0 Å². The van der Waals surface area contributed by atoms with Crippen molar-refractivity contribution in [3.05, 3.63) is 59.7 Å². The van der Waals surface area contributed by atoms with Crippen molar-refractivity contribution in [1.82, 2.24) is 0 Å². The van der Waals surface area contributed by atoms with Crippen LogP contribution in [0, 0.1) is 0 Å². The Hall–Kier alpha value is -2.00. The van der Waals surface area contributed by atoms with Gasteiger partial charge in [0.05, 0.1) is 0 Å². The Kier molecular flexibility index (Phi) is 3.53. The fourth-order valence-electron chi connectivity index (χ4n) is 4.08. The van der Waals surface area contributed by atoms with Gasteiger partial charge in [-0.05, 0) is 24.1 Å². The number of aliphatic hydroxyl groups is 1. The lowest BCUT2D eigenvalue weighted by Crippen LogP contribution is -2.47. The van der Waals surface area contributed by atoms with E-state index < -0.39 is 11.6 Å². The summed E-state index contributed by atoms with van der Waals surface area (Å²) in [5.41, 5.74) is 2.99. The number of ether oxygens (including phenoxy) is 1. The van der Waals surface area contributed by atoms with Crippen LogP contribution in [0.3, 0.4) is 0 Å². The molecule has 0 bridgehead atoms. The molecule has 3 heteroatoms. The Morgan fingerprint density at radius 2 is 1.83 bits per heavy atom. The molecule has 0 aromatic heterocycles. The highest BCUT2D eigenvalue weighted by Crippen LogP contribution is 2.53. The van der Waals surface area contributed by atoms with Crippen LogP contribution in [0.15, 0.2) is 48.5 Å². The van der Waals surface area contributed by atoms with Crippen LogP contribution in [0.4, 0.5) is 5.69 Å². The summed E-state index contributed by atoms with van der Waals surface area (Å²) in [7, 11) is 0. The molecule has 1 spiro atoms. The Morgan fingerprint density at radius 3 is 2.65 bits per heavy atom. The maximum Gasteiger partial charge on any atom is 0.144 e. The lowest BCUT2D eigenvalue weighted by atomic mass is 9.76. The van der Waals surface area contributed by atoms with Crippen molar-refractivity contribution in [2.45, 2.75) is 37.8 Å². The fourth-order valence-corrected chi connectivity index (χ4v) is 4.08. The molecule has 2 aliphatic rings. The van der Waals surface area contributed by atoms with E-state index in [1.54, 1.807) is 0 Å². The molecule has 0 amide bonds. The Bertz CT molecular complexity index is 714. The number of aliphatic hydroxyl groups excluding tert-OH is 1. The second-order valence-corrected chi connectivity index (χ2v) is 6.55. The zero-order chi connectivity index (χ0) is 15.9. The lowest BCUT2D eigenvalue weighted by Gasteiger charge is -2.32. The second kappa shape index (κ2) is 5.57. The van der Waals surface area contributed by atoms with Crippen LogP contribution in [0.5, 0.6) is 5.75 Å². The van der Waals surface area contributed by atoms with Gasteiger partial charge in [-0.2, -0.15) is 0 Å². The maximum absolute atomic E-state index is 11.3. The third-order valence-electron chi connectivity index (χ3n) is 5.26. The topological polar surface area (TPSA) is 32.7 Å². The number of hydrogen-bond acceptors (Lipinski definition) is 3. The molecule has 4 rings (SSSR count). The first kappa shape index (κ1) is 14.6. The van der Waals surface area contributed by atoms with E-state index in [-0.39, 0.29) is 0 Å². The van der Waals surface area contributed by atoms with Gasteiger partial charge in [0, 0.05) is 17.8 Å². The van der Waals surface area contributed by atoms with E-state index in [1.165, 1.54) is 18.4 Å². The van der Waals surface area contributed by atoms with Gasteiger partial charge in [-0.3, -0.25) is 0 Å². The van der Waals surface area contributed by atoms with Crippen molar-refractivity contribution in [1.29, 1.82) is 0 Å². The predicted molar refractivity (Wildman–Crippen MR) is 92.0 cm³/mol. The molecule has 2 aromatic rings. The fraction of sp³-hybridized carbons (Fsp3) is 0.400. The van der Waals surface area contributed by atoms with E-state index in [1.807, 2.05) is 18.2 Å². The molecule has 2 heterocycles. The number of nitrogens with zero attached hydrogens (tertiary/aromatic N) is 1. The van der Waals surface area contributed by atoms with Gasteiger partial charge in [-0.15, -0.1) is 0 Å². The molecule has 120 valence electrons. The van der Waals surface area contributed by atoms with E-state index >= 15 is 0 Å². The van der Waals surface area contributed by atoms with Gasteiger partial charge in [0.2, 0.25) is 0 Å². The Balaban J connectivity index is 1.80. The summed E-state index contributed by atoms with van der Waals surface area (Å²) in [4.78, 5) is 2.16. The number of rotatable bonds is 4. The Morgan fingerprint density at radius 1 is 1.09 bits per heavy atom. The number of hydrogen-bond donors (Lipinski definition) is 1. The van der Waals surface area contributed by atoms with Gasteiger partial charge in [0.1, 0.15) is 24.0 Å². The van der Waals surface area contributed by atoms with Crippen LogP contribution in [0.1, 0.15) is 37.3 Å². The molecule has 0 radical (unpaired) electrons. The number of para-hydroxylation sites is 2. The van der Waals surface area contributed by atoms with E-state index in [4.69, 9.17) is 4.74 Å². The van der Waals surface area contributed by atoms with Gasteiger partial charge in [-0.25, -0.2) is 0 Å². The molecule has 0 aliphatic carbocycles. The first-order valence-electron chi connectivity index (χ1n) is 8.55. The van der Waals surface area contributed by atoms with E-state index in [9.17, 15) is 5.11 Å². The molecular formula is C20H23NO2. The summed E-state index contributed by atoms with van der Waals surface area (Å²) >= 11 is 0. The zero-order valence-electron chi connectivity index (χ0n) is 13.5. The molecule has 2 aliphatic heterocycles. The highest BCUT2D eigenvalue weighted by Gasteiger charge is 2.55. The van der Waals surface area contributed by atoms with Crippen molar-refractivity contribution in [2.24, 2.45) is 0 Å². The van der Waals surface area contributed by atoms with E-state index in [0.29, 0.717) is 6.61 Å². The van der Waals surface area contributed by atoms with Gasteiger partial charge in [0.15, 0.2) is 0 Å². The van der Waals surface area contributed by atoms with Crippen molar-refractivity contribution < 1.29 is 9.84 Å². The van der Waals surface area contributed by atoms with Crippen molar-refractivity contribution >= 4 is 5.69 Å². The summed E-state index contributed by atoms with van der Waals surface area (Å²) in [6, 6.07) is 16.5. The Labute approximate surface area is 137 Å². The first-order valence-corrected chi connectivity index (χ1v) is 8.55. The normalized spacial score (nSPS) is 24.6. The molecule has 3 nitrogen and oxygen atoms in total. The minimum Gasteiger partial charge on any atom is -0.492 e. The minimum atomic E-state index is -0.569. The van der Waals surface area contributed by atoms with Gasteiger partial charge in [0.25, 0.3) is 0 Å². The molecule has 0 saturated heterocycles. The molecule has 2 atom stereocenters. The van der Waals surface area contributed by atoms with Crippen molar-refractivity contribution in [3.8, 4) is 5.75 Å². The van der Waals surface area contributed by atoms with Crippen LogP contribution in [-0.2, 0) is 5.41 Å². The number of fused-ring (bicyclic) bond motifs is 4. The van der Waals surface area contributed by atoms with Crippen LogP contribution >= 0.6 is 0 Å². The highest BCUT2D eigenvalue weighted by molar-refractivity contribution is 5.70. The van der Waals surface area contributed by atoms with E-state index in [0.717, 1.165) is 30.0 Å². The van der Waals surface area contributed by atoms with Crippen LogP contribution in [0.25, 0.3) is 0 Å². The third kappa shape index (κ3) is 1.99. The molecular weight excluding hydrogens is 286 g/mol. The smallest absolute Gasteiger partial charge is 0.144 e. The summed E-state index contributed by atoms with van der Waals surface area (Å²) in [5, 5.41) is 11.3.